The van der Waals surface area contributed by atoms with Crippen LogP contribution in [0.4, 0.5) is 18.9 Å². The highest BCUT2D eigenvalue weighted by atomic mass is 35.5. The van der Waals surface area contributed by atoms with Crippen LogP contribution in [0, 0.1) is 16.0 Å². The summed E-state index contributed by atoms with van der Waals surface area (Å²) in [6.07, 6.45) is -4.08. The number of benzene rings is 1. The molecule has 0 fully saturated rings. The number of nitrogens with two attached hydrogens (primary N) is 1. The summed E-state index contributed by atoms with van der Waals surface area (Å²) in [6.45, 7) is 2.55. The molecule has 0 bridgehead atoms. The Hall–Kier alpha value is -2.07. The topological polar surface area (TPSA) is 98.7 Å². The minimum Gasteiger partial charge on any atom is -0.484 e. The first-order valence-electron chi connectivity index (χ1n) is 7.91. The van der Waals surface area contributed by atoms with Gasteiger partial charge in [-0.25, -0.2) is 0 Å². The Morgan fingerprint density at radius 3 is 2.44 bits per heavy atom. The van der Waals surface area contributed by atoms with Gasteiger partial charge in [-0.1, -0.05) is 13.8 Å². The predicted octanol–water partition coefficient (Wildman–Crippen LogP) is 3.40. The number of nitro benzene ring substituents is 1. The second kappa shape index (κ2) is 10.3. The van der Waals surface area contributed by atoms with Crippen LogP contribution in [0.25, 0.3) is 0 Å². The van der Waals surface area contributed by atoms with E-state index in [2.05, 4.69) is 4.74 Å². The number of hydrogen-bond donors (Lipinski definition) is 1. The van der Waals surface area contributed by atoms with E-state index in [4.69, 9.17) is 5.73 Å². The maximum Gasteiger partial charge on any atom is 0.422 e. The van der Waals surface area contributed by atoms with Crippen molar-refractivity contribution in [2.24, 2.45) is 11.7 Å². The molecule has 2 N–H and O–H groups in total. The summed E-state index contributed by atoms with van der Waals surface area (Å²) in [6, 6.07) is 2.77. The molecular weight excluding hydrogens is 391 g/mol. The Labute approximate surface area is 161 Å². The zero-order valence-electron chi connectivity index (χ0n) is 15.2. The van der Waals surface area contributed by atoms with Crippen LogP contribution in [0.2, 0.25) is 0 Å². The quantitative estimate of drug-likeness (QED) is 0.520. The predicted molar refractivity (Wildman–Crippen MR) is 96.3 cm³/mol. The van der Waals surface area contributed by atoms with E-state index >= 15 is 0 Å². The van der Waals surface area contributed by atoms with E-state index in [1.54, 1.807) is 0 Å². The van der Waals surface area contributed by atoms with Crippen molar-refractivity contribution in [2.45, 2.75) is 32.5 Å². The molecule has 0 aliphatic heterocycles. The highest BCUT2D eigenvalue weighted by Gasteiger charge is 2.29. The standard InChI is InChI=1S/C16H22F3N3O4.ClH/c1-10(2)13(20)6-7-21(3)15(23)12-8-11(26-9-16(17,18)19)4-5-14(12)22(24)25;/h4-5,8,10,13H,6-7,9,20H2,1-3H3;1H. The first-order valence-corrected chi connectivity index (χ1v) is 7.91. The molecule has 1 unspecified atom stereocenters. The van der Waals surface area contributed by atoms with Crippen molar-refractivity contribution in [1.29, 1.82) is 0 Å². The fraction of sp³-hybridized carbons (Fsp3) is 0.562. The van der Waals surface area contributed by atoms with Gasteiger partial charge < -0.3 is 15.4 Å². The Balaban J connectivity index is 0.00000676. The lowest BCUT2D eigenvalue weighted by Gasteiger charge is -2.21. The number of rotatable bonds is 8. The van der Waals surface area contributed by atoms with Crippen molar-refractivity contribution < 1.29 is 27.6 Å². The van der Waals surface area contributed by atoms with Gasteiger partial charge in [0.25, 0.3) is 11.6 Å². The summed E-state index contributed by atoms with van der Waals surface area (Å²) in [4.78, 5) is 24.1. The Kier molecular flexibility index (Phi) is 9.52. The van der Waals surface area contributed by atoms with Gasteiger partial charge in [0.1, 0.15) is 11.3 Å². The molecule has 0 aromatic heterocycles. The van der Waals surface area contributed by atoms with Crippen LogP contribution in [0.5, 0.6) is 5.75 Å². The molecule has 0 aliphatic carbocycles. The molecular formula is C16H23ClF3N3O4. The van der Waals surface area contributed by atoms with Crippen LogP contribution in [0.15, 0.2) is 18.2 Å². The highest BCUT2D eigenvalue weighted by molar-refractivity contribution is 5.98. The van der Waals surface area contributed by atoms with E-state index in [0.717, 1.165) is 18.2 Å². The molecule has 0 heterocycles. The minimum atomic E-state index is -4.56. The van der Waals surface area contributed by atoms with Crippen molar-refractivity contribution in [3.63, 3.8) is 0 Å². The Bertz CT molecular complexity index is 656. The van der Waals surface area contributed by atoms with Crippen molar-refractivity contribution in [1.82, 2.24) is 4.90 Å². The second-order valence-corrected chi connectivity index (χ2v) is 6.26. The highest BCUT2D eigenvalue weighted by Crippen LogP contribution is 2.27. The maximum absolute atomic E-state index is 12.5. The molecule has 0 saturated heterocycles. The maximum atomic E-state index is 12.5. The number of hydrogen-bond acceptors (Lipinski definition) is 5. The summed E-state index contributed by atoms with van der Waals surface area (Å²) in [7, 11) is 1.45. The number of alkyl halides is 3. The number of carbonyl (C=O) groups is 1. The molecule has 7 nitrogen and oxygen atoms in total. The van der Waals surface area contributed by atoms with Gasteiger partial charge in [0, 0.05) is 25.7 Å². The Morgan fingerprint density at radius 1 is 1.37 bits per heavy atom. The third-order valence-corrected chi connectivity index (χ3v) is 3.80. The lowest BCUT2D eigenvalue weighted by Crippen LogP contribution is -2.34. The van der Waals surface area contributed by atoms with Gasteiger partial charge in [0.15, 0.2) is 6.61 Å². The van der Waals surface area contributed by atoms with Crippen molar-refractivity contribution in [2.75, 3.05) is 20.2 Å². The smallest absolute Gasteiger partial charge is 0.422 e. The molecule has 0 radical (unpaired) electrons. The molecule has 27 heavy (non-hydrogen) atoms. The SMILES string of the molecule is CC(C)C(N)CCN(C)C(=O)c1cc(OCC(F)(F)F)ccc1[N+](=O)[O-].Cl. The summed E-state index contributed by atoms with van der Waals surface area (Å²) in [5, 5.41) is 11.1. The monoisotopic (exact) mass is 413 g/mol. The van der Waals surface area contributed by atoms with E-state index in [0.29, 0.717) is 6.42 Å². The fourth-order valence-corrected chi connectivity index (χ4v) is 2.08. The average molecular weight is 414 g/mol. The van der Waals surface area contributed by atoms with Crippen LogP contribution < -0.4 is 10.5 Å². The number of nitro groups is 1. The first-order chi connectivity index (χ1) is 11.9. The molecule has 11 heteroatoms. The average Bonchev–Trinajstić information content (AvgIpc) is 2.55. The van der Waals surface area contributed by atoms with Gasteiger partial charge in [0.05, 0.1) is 4.92 Å². The molecule has 0 spiro atoms. The van der Waals surface area contributed by atoms with E-state index in [-0.39, 0.29) is 42.2 Å². The molecule has 1 atom stereocenters. The summed E-state index contributed by atoms with van der Waals surface area (Å²) < 4.78 is 41.3. The third kappa shape index (κ3) is 8.00. The number of carbonyl (C=O) groups excluding carboxylic acids is 1. The summed E-state index contributed by atoms with van der Waals surface area (Å²) in [5.41, 5.74) is 5.07. The molecule has 1 rings (SSSR count). The molecule has 0 aliphatic rings. The van der Waals surface area contributed by atoms with Crippen molar-refractivity contribution in [3.8, 4) is 5.75 Å². The van der Waals surface area contributed by atoms with Gasteiger partial charge in [-0.3, -0.25) is 14.9 Å². The van der Waals surface area contributed by atoms with Crippen molar-refractivity contribution in [3.05, 3.63) is 33.9 Å². The molecule has 1 amide bonds. The second-order valence-electron chi connectivity index (χ2n) is 6.26. The zero-order valence-corrected chi connectivity index (χ0v) is 16.0. The fourth-order valence-electron chi connectivity index (χ4n) is 2.08. The van der Waals surface area contributed by atoms with Gasteiger partial charge in [0.2, 0.25) is 0 Å². The van der Waals surface area contributed by atoms with Crippen LogP contribution in [-0.2, 0) is 0 Å². The molecule has 1 aromatic carbocycles. The number of nitrogens with zero attached hydrogens (tertiary/aromatic N) is 2. The van der Waals surface area contributed by atoms with Gasteiger partial charge in [-0.05, 0) is 24.5 Å². The molecule has 154 valence electrons. The lowest BCUT2D eigenvalue weighted by atomic mass is 10.0. The zero-order chi connectivity index (χ0) is 20.1. The van der Waals surface area contributed by atoms with Gasteiger partial charge >= 0.3 is 6.18 Å². The largest absolute Gasteiger partial charge is 0.484 e. The minimum absolute atomic E-state index is 0. The number of halogens is 4. The van der Waals surface area contributed by atoms with Gasteiger partial charge in [-0.2, -0.15) is 13.2 Å². The first kappa shape index (κ1) is 24.9. The third-order valence-electron chi connectivity index (χ3n) is 3.80. The normalized spacial score (nSPS) is 12.3. The van der Waals surface area contributed by atoms with E-state index in [1.165, 1.54) is 11.9 Å². The summed E-state index contributed by atoms with van der Waals surface area (Å²) in [5.74, 6) is -0.763. The van der Waals surface area contributed by atoms with Crippen LogP contribution in [0.3, 0.4) is 0 Å². The van der Waals surface area contributed by atoms with Crippen LogP contribution in [-0.4, -0.2) is 48.1 Å². The van der Waals surface area contributed by atoms with E-state index in [9.17, 15) is 28.1 Å². The molecule has 0 saturated carbocycles. The molecule has 1 aromatic rings. The number of ether oxygens (including phenoxy) is 1. The van der Waals surface area contributed by atoms with Crippen LogP contribution in [0.1, 0.15) is 30.6 Å². The summed E-state index contributed by atoms with van der Waals surface area (Å²) >= 11 is 0. The van der Waals surface area contributed by atoms with Crippen LogP contribution >= 0.6 is 12.4 Å². The lowest BCUT2D eigenvalue weighted by molar-refractivity contribution is -0.385. The van der Waals surface area contributed by atoms with E-state index in [1.807, 2.05) is 13.8 Å². The van der Waals surface area contributed by atoms with Gasteiger partial charge in [-0.15, -0.1) is 12.4 Å². The van der Waals surface area contributed by atoms with E-state index < -0.39 is 29.3 Å². The number of amides is 1. The van der Waals surface area contributed by atoms with Crippen molar-refractivity contribution >= 4 is 24.0 Å². The Morgan fingerprint density at radius 2 is 1.96 bits per heavy atom.